The van der Waals surface area contributed by atoms with Crippen LogP contribution in [-0.2, 0) is 4.79 Å². The summed E-state index contributed by atoms with van der Waals surface area (Å²) in [6, 6.07) is 0. The monoisotopic (exact) mass is 172 g/mol. The van der Waals surface area contributed by atoms with Crippen molar-refractivity contribution in [2.45, 2.75) is 39.0 Å². The Hall–Kier alpha value is 0.0200. The summed E-state index contributed by atoms with van der Waals surface area (Å²) >= 11 is 1.50. The van der Waals surface area contributed by atoms with Crippen molar-refractivity contribution in [3.05, 3.63) is 0 Å². The summed E-state index contributed by atoms with van der Waals surface area (Å²) < 4.78 is 0. The molecule has 0 radical (unpaired) electrons. The van der Waals surface area contributed by atoms with Crippen LogP contribution in [0.2, 0.25) is 0 Å². The van der Waals surface area contributed by atoms with Crippen LogP contribution in [0, 0.1) is 5.92 Å². The molecule has 1 fully saturated rings. The standard InChI is InChI=1S/C9H16OS/c1-2-11-9(10)8-6-4-3-5-7-8/h8H,2-7H2,1H3. The van der Waals surface area contributed by atoms with Crippen LogP contribution < -0.4 is 0 Å². The van der Waals surface area contributed by atoms with Crippen molar-refractivity contribution in [2.24, 2.45) is 5.92 Å². The Labute approximate surface area is 72.9 Å². The minimum Gasteiger partial charge on any atom is -0.287 e. The normalized spacial score (nSPS) is 20.1. The third-order valence-electron chi connectivity index (χ3n) is 2.23. The van der Waals surface area contributed by atoms with E-state index < -0.39 is 0 Å². The summed E-state index contributed by atoms with van der Waals surface area (Å²) in [4.78, 5) is 11.4. The Morgan fingerprint density at radius 1 is 1.36 bits per heavy atom. The maximum atomic E-state index is 11.4. The van der Waals surface area contributed by atoms with Gasteiger partial charge in [0.05, 0.1) is 0 Å². The van der Waals surface area contributed by atoms with Crippen molar-refractivity contribution in [3.63, 3.8) is 0 Å². The highest BCUT2D eigenvalue weighted by Gasteiger charge is 2.20. The highest BCUT2D eigenvalue weighted by atomic mass is 32.2. The molecule has 0 heterocycles. The van der Waals surface area contributed by atoms with E-state index in [-0.39, 0.29) is 0 Å². The molecule has 1 rings (SSSR count). The Morgan fingerprint density at radius 2 is 2.00 bits per heavy atom. The molecule has 1 aliphatic rings. The maximum absolute atomic E-state index is 11.4. The summed E-state index contributed by atoms with van der Waals surface area (Å²) in [5.74, 6) is 1.34. The third-order valence-corrected chi connectivity index (χ3v) is 3.13. The second kappa shape index (κ2) is 4.81. The van der Waals surface area contributed by atoms with E-state index in [2.05, 4.69) is 0 Å². The largest absolute Gasteiger partial charge is 0.287 e. The van der Waals surface area contributed by atoms with E-state index in [0.29, 0.717) is 11.0 Å². The highest BCUT2D eigenvalue weighted by molar-refractivity contribution is 8.13. The first-order chi connectivity index (χ1) is 5.34. The van der Waals surface area contributed by atoms with E-state index in [0.717, 1.165) is 18.6 Å². The summed E-state index contributed by atoms with van der Waals surface area (Å²) in [6.45, 7) is 2.05. The van der Waals surface area contributed by atoms with E-state index in [1.165, 1.54) is 31.0 Å². The lowest BCUT2D eigenvalue weighted by Crippen LogP contribution is -2.14. The molecule has 0 aromatic rings. The molecule has 1 aliphatic carbocycles. The van der Waals surface area contributed by atoms with Crippen LogP contribution in [0.1, 0.15) is 39.0 Å². The van der Waals surface area contributed by atoms with Crippen molar-refractivity contribution in [3.8, 4) is 0 Å². The van der Waals surface area contributed by atoms with Gasteiger partial charge in [-0.3, -0.25) is 4.79 Å². The molecule has 0 aliphatic heterocycles. The Morgan fingerprint density at radius 3 is 2.55 bits per heavy atom. The molecular formula is C9H16OS. The SMILES string of the molecule is CCSC(=O)C1CCCCC1. The van der Waals surface area contributed by atoms with E-state index in [9.17, 15) is 4.79 Å². The molecule has 0 spiro atoms. The fraction of sp³-hybridized carbons (Fsp3) is 0.889. The van der Waals surface area contributed by atoms with Gasteiger partial charge in [-0.1, -0.05) is 37.9 Å². The van der Waals surface area contributed by atoms with Crippen molar-refractivity contribution < 1.29 is 4.79 Å². The fourth-order valence-corrected chi connectivity index (χ4v) is 2.35. The Bertz CT molecular complexity index is 128. The molecule has 64 valence electrons. The quantitative estimate of drug-likeness (QED) is 0.637. The van der Waals surface area contributed by atoms with Crippen LogP contribution in [0.25, 0.3) is 0 Å². The first-order valence-electron chi connectivity index (χ1n) is 4.51. The third kappa shape index (κ3) is 2.86. The predicted octanol–water partition coefficient (Wildman–Crippen LogP) is 2.85. The molecule has 0 atom stereocenters. The number of hydrogen-bond donors (Lipinski definition) is 0. The zero-order valence-electron chi connectivity index (χ0n) is 7.14. The zero-order chi connectivity index (χ0) is 8.10. The van der Waals surface area contributed by atoms with Crippen LogP contribution in [0.3, 0.4) is 0 Å². The first-order valence-corrected chi connectivity index (χ1v) is 5.49. The Kier molecular flexibility index (Phi) is 3.98. The van der Waals surface area contributed by atoms with Gasteiger partial charge in [0, 0.05) is 5.92 Å². The van der Waals surface area contributed by atoms with Gasteiger partial charge in [0.1, 0.15) is 0 Å². The number of carbonyl (C=O) groups excluding carboxylic acids is 1. The molecule has 0 saturated heterocycles. The predicted molar refractivity (Wildman–Crippen MR) is 49.7 cm³/mol. The van der Waals surface area contributed by atoms with E-state index in [1.807, 2.05) is 6.92 Å². The topological polar surface area (TPSA) is 17.1 Å². The average molecular weight is 172 g/mol. The second-order valence-corrected chi connectivity index (χ2v) is 4.36. The number of hydrogen-bond acceptors (Lipinski definition) is 2. The summed E-state index contributed by atoms with van der Waals surface area (Å²) in [5, 5.41) is 0.437. The molecule has 0 aromatic carbocycles. The number of thioether (sulfide) groups is 1. The molecular weight excluding hydrogens is 156 g/mol. The molecule has 0 N–H and O–H groups in total. The van der Waals surface area contributed by atoms with Crippen molar-refractivity contribution in [1.82, 2.24) is 0 Å². The molecule has 0 unspecified atom stereocenters. The first kappa shape index (κ1) is 9.11. The minimum atomic E-state index is 0.397. The van der Waals surface area contributed by atoms with E-state index in [1.54, 1.807) is 0 Å². The van der Waals surface area contributed by atoms with Crippen molar-refractivity contribution in [2.75, 3.05) is 5.75 Å². The smallest absolute Gasteiger partial charge is 0.192 e. The molecule has 0 aromatic heterocycles. The van der Waals surface area contributed by atoms with Gasteiger partial charge in [0.15, 0.2) is 5.12 Å². The van der Waals surface area contributed by atoms with Crippen molar-refractivity contribution in [1.29, 1.82) is 0 Å². The highest BCUT2D eigenvalue weighted by Crippen LogP contribution is 2.27. The summed E-state index contributed by atoms with van der Waals surface area (Å²) in [6.07, 6.45) is 6.15. The van der Waals surface area contributed by atoms with Gasteiger partial charge in [0.2, 0.25) is 0 Å². The van der Waals surface area contributed by atoms with Gasteiger partial charge in [-0.05, 0) is 18.6 Å². The summed E-state index contributed by atoms with van der Waals surface area (Å²) in [5.41, 5.74) is 0. The molecule has 2 heteroatoms. The van der Waals surface area contributed by atoms with Crippen molar-refractivity contribution >= 4 is 16.9 Å². The summed E-state index contributed by atoms with van der Waals surface area (Å²) in [7, 11) is 0. The number of carbonyl (C=O) groups is 1. The second-order valence-electron chi connectivity index (χ2n) is 3.09. The van der Waals surface area contributed by atoms with Crippen LogP contribution in [-0.4, -0.2) is 10.9 Å². The molecule has 11 heavy (non-hydrogen) atoms. The van der Waals surface area contributed by atoms with E-state index in [4.69, 9.17) is 0 Å². The van der Waals surface area contributed by atoms with Crippen LogP contribution in [0.4, 0.5) is 0 Å². The lowest BCUT2D eigenvalue weighted by atomic mass is 9.90. The number of rotatable bonds is 2. The fourth-order valence-electron chi connectivity index (χ4n) is 1.60. The van der Waals surface area contributed by atoms with Crippen LogP contribution in [0.15, 0.2) is 0 Å². The molecule has 1 saturated carbocycles. The van der Waals surface area contributed by atoms with Crippen LogP contribution in [0.5, 0.6) is 0 Å². The van der Waals surface area contributed by atoms with Gasteiger partial charge < -0.3 is 0 Å². The lowest BCUT2D eigenvalue weighted by Gasteiger charge is -2.19. The van der Waals surface area contributed by atoms with Gasteiger partial charge in [-0.25, -0.2) is 0 Å². The maximum Gasteiger partial charge on any atom is 0.192 e. The van der Waals surface area contributed by atoms with Gasteiger partial charge in [0.25, 0.3) is 0 Å². The minimum absolute atomic E-state index is 0.397. The van der Waals surface area contributed by atoms with Gasteiger partial charge in [-0.15, -0.1) is 0 Å². The molecule has 0 bridgehead atoms. The Balaban J connectivity index is 2.27. The van der Waals surface area contributed by atoms with E-state index >= 15 is 0 Å². The average Bonchev–Trinajstić information content (AvgIpc) is 2.07. The van der Waals surface area contributed by atoms with Gasteiger partial charge >= 0.3 is 0 Å². The molecule has 1 nitrogen and oxygen atoms in total. The lowest BCUT2D eigenvalue weighted by molar-refractivity contribution is -0.115. The van der Waals surface area contributed by atoms with Crippen LogP contribution >= 0.6 is 11.8 Å². The van der Waals surface area contributed by atoms with Gasteiger partial charge in [-0.2, -0.15) is 0 Å². The zero-order valence-corrected chi connectivity index (χ0v) is 7.95. The molecule has 0 amide bonds.